The molecule has 1 aliphatic rings. The lowest BCUT2D eigenvalue weighted by atomic mass is 10.0. The maximum absolute atomic E-state index is 12.2. The third-order valence-electron chi connectivity index (χ3n) is 3.90. The van der Waals surface area contributed by atoms with E-state index >= 15 is 0 Å². The van der Waals surface area contributed by atoms with Crippen LogP contribution in [-0.4, -0.2) is 19.0 Å². The van der Waals surface area contributed by atoms with Crippen LogP contribution in [0.3, 0.4) is 0 Å². The standard InChI is InChI=1S/C15H22N2O/c1-2-12-5-3-4-6-13(12)14(18)17-11-15(7-8-15)9-10-16/h3-6H,2,7-11,16H2,1H3,(H,17,18). The van der Waals surface area contributed by atoms with Gasteiger partial charge in [0.1, 0.15) is 0 Å². The minimum absolute atomic E-state index is 0.0516. The molecule has 0 bridgehead atoms. The van der Waals surface area contributed by atoms with Crippen LogP contribution in [-0.2, 0) is 6.42 Å². The first-order valence-corrected chi connectivity index (χ1v) is 6.77. The second-order valence-electron chi connectivity index (χ2n) is 5.23. The van der Waals surface area contributed by atoms with Crippen LogP contribution in [0.1, 0.15) is 42.1 Å². The van der Waals surface area contributed by atoms with Crippen LogP contribution in [0.15, 0.2) is 24.3 Å². The Bertz CT molecular complexity index is 424. The Hall–Kier alpha value is -1.35. The summed E-state index contributed by atoms with van der Waals surface area (Å²) < 4.78 is 0. The monoisotopic (exact) mass is 246 g/mol. The second kappa shape index (κ2) is 5.53. The molecule has 3 nitrogen and oxygen atoms in total. The summed E-state index contributed by atoms with van der Waals surface area (Å²) in [6.07, 6.45) is 4.29. The van der Waals surface area contributed by atoms with E-state index in [4.69, 9.17) is 5.73 Å². The molecule has 1 aromatic carbocycles. The van der Waals surface area contributed by atoms with Crippen molar-refractivity contribution in [2.75, 3.05) is 13.1 Å². The van der Waals surface area contributed by atoms with E-state index in [9.17, 15) is 4.79 Å². The average Bonchev–Trinajstić information content (AvgIpc) is 3.16. The number of nitrogens with one attached hydrogen (secondary N) is 1. The Balaban J connectivity index is 1.96. The number of benzene rings is 1. The van der Waals surface area contributed by atoms with E-state index in [2.05, 4.69) is 12.2 Å². The number of nitrogens with two attached hydrogens (primary N) is 1. The molecule has 18 heavy (non-hydrogen) atoms. The Labute approximate surface area is 109 Å². The van der Waals surface area contributed by atoms with Crippen molar-refractivity contribution < 1.29 is 4.79 Å². The van der Waals surface area contributed by atoms with E-state index < -0.39 is 0 Å². The van der Waals surface area contributed by atoms with Gasteiger partial charge in [-0.3, -0.25) is 4.79 Å². The zero-order valence-electron chi connectivity index (χ0n) is 11.0. The summed E-state index contributed by atoms with van der Waals surface area (Å²) >= 11 is 0. The molecule has 0 saturated heterocycles. The summed E-state index contributed by atoms with van der Waals surface area (Å²) in [5.41, 5.74) is 7.82. The fourth-order valence-corrected chi connectivity index (χ4v) is 2.41. The van der Waals surface area contributed by atoms with Gasteiger partial charge in [-0.1, -0.05) is 25.1 Å². The molecular formula is C15H22N2O. The van der Waals surface area contributed by atoms with E-state index in [1.807, 2.05) is 24.3 Å². The molecule has 3 heteroatoms. The Morgan fingerprint density at radius 2 is 2.11 bits per heavy atom. The van der Waals surface area contributed by atoms with Crippen molar-refractivity contribution >= 4 is 5.91 Å². The van der Waals surface area contributed by atoms with Gasteiger partial charge in [-0.2, -0.15) is 0 Å². The number of hydrogen-bond donors (Lipinski definition) is 2. The molecule has 1 aliphatic carbocycles. The van der Waals surface area contributed by atoms with Crippen molar-refractivity contribution in [2.24, 2.45) is 11.1 Å². The lowest BCUT2D eigenvalue weighted by Crippen LogP contribution is -2.31. The molecule has 1 fully saturated rings. The highest BCUT2D eigenvalue weighted by Gasteiger charge is 2.41. The molecule has 3 N–H and O–H groups in total. The van der Waals surface area contributed by atoms with Gasteiger partial charge in [0.15, 0.2) is 0 Å². The summed E-state index contributed by atoms with van der Waals surface area (Å²) in [6.45, 7) is 3.55. The summed E-state index contributed by atoms with van der Waals surface area (Å²) in [6, 6.07) is 7.81. The molecule has 0 atom stereocenters. The highest BCUT2D eigenvalue weighted by atomic mass is 16.1. The number of carbonyl (C=O) groups excluding carboxylic acids is 1. The molecule has 0 aliphatic heterocycles. The van der Waals surface area contributed by atoms with Crippen molar-refractivity contribution in [1.82, 2.24) is 5.32 Å². The normalized spacial score (nSPS) is 16.3. The van der Waals surface area contributed by atoms with Crippen LogP contribution in [0.4, 0.5) is 0 Å². The van der Waals surface area contributed by atoms with Crippen molar-refractivity contribution in [3.63, 3.8) is 0 Å². The van der Waals surface area contributed by atoms with Crippen LogP contribution in [0.25, 0.3) is 0 Å². The average molecular weight is 246 g/mol. The van der Waals surface area contributed by atoms with Crippen LogP contribution >= 0.6 is 0 Å². The molecule has 2 rings (SSSR count). The highest BCUT2D eigenvalue weighted by molar-refractivity contribution is 5.95. The maximum atomic E-state index is 12.2. The molecule has 0 aromatic heterocycles. The predicted molar refractivity (Wildman–Crippen MR) is 73.5 cm³/mol. The van der Waals surface area contributed by atoms with Gasteiger partial charge in [0.25, 0.3) is 5.91 Å². The third kappa shape index (κ3) is 2.91. The van der Waals surface area contributed by atoms with E-state index in [-0.39, 0.29) is 5.91 Å². The molecule has 0 unspecified atom stereocenters. The molecule has 0 radical (unpaired) electrons. The fraction of sp³-hybridized carbons (Fsp3) is 0.533. The number of carbonyl (C=O) groups is 1. The van der Waals surface area contributed by atoms with Gasteiger partial charge in [0.05, 0.1) is 0 Å². The van der Waals surface area contributed by atoms with Gasteiger partial charge in [-0.15, -0.1) is 0 Å². The summed E-state index contributed by atoms with van der Waals surface area (Å²) in [5, 5.41) is 3.07. The second-order valence-corrected chi connectivity index (χ2v) is 5.23. The molecule has 0 spiro atoms. The fourth-order valence-electron chi connectivity index (χ4n) is 2.41. The first kappa shape index (κ1) is 13.1. The molecule has 1 aromatic rings. The van der Waals surface area contributed by atoms with Crippen LogP contribution in [0.5, 0.6) is 0 Å². The minimum Gasteiger partial charge on any atom is -0.351 e. The van der Waals surface area contributed by atoms with Crippen molar-refractivity contribution in [2.45, 2.75) is 32.6 Å². The minimum atomic E-state index is 0.0516. The number of rotatable bonds is 6. The first-order chi connectivity index (χ1) is 8.71. The maximum Gasteiger partial charge on any atom is 0.251 e. The van der Waals surface area contributed by atoms with E-state index in [0.717, 1.165) is 30.5 Å². The van der Waals surface area contributed by atoms with E-state index in [1.54, 1.807) is 0 Å². The van der Waals surface area contributed by atoms with E-state index in [1.165, 1.54) is 12.8 Å². The van der Waals surface area contributed by atoms with Crippen molar-refractivity contribution in [1.29, 1.82) is 0 Å². The largest absolute Gasteiger partial charge is 0.351 e. The number of amides is 1. The van der Waals surface area contributed by atoms with Gasteiger partial charge in [0, 0.05) is 12.1 Å². The Morgan fingerprint density at radius 3 is 2.72 bits per heavy atom. The predicted octanol–water partition coefficient (Wildman–Crippen LogP) is 2.11. The summed E-state index contributed by atoms with van der Waals surface area (Å²) in [7, 11) is 0. The summed E-state index contributed by atoms with van der Waals surface area (Å²) in [4.78, 5) is 12.2. The third-order valence-corrected chi connectivity index (χ3v) is 3.90. The zero-order valence-corrected chi connectivity index (χ0v) is 11.0. The Morgan fingerprint density at radius 1 is 1.39 bits per heavy atom. The lowest BCUT2D eigenvalue weighted by molar-refractivity contribution is 0.0943. The van der Waals surface area contributed by atoms with E-state index in [0.29, 0.717) is 12.0 Å². The van der Waals surface area contributed by atoms with Crippen molar-refractivity contribution in [3.8, 4) is 0 Å². The number of aryl methyl sites for hydroxylation is 1. The van der Waals surface area contributed by atoms with Gasteiger partial charge < -0.3 is 11.1 Å². The SMILES string of the molecule is CCc1ccccc1C(=O)NCC1(CCN)CC1. The molecular weight excluding hydrogens is 224 g/mol. The molecule has 98 valence electrons. The van der Waals surface area contributed by atoms with Crippen LogP contribution in [0, 0.1) is 5.41 Å². The van der Waals surface area contributed by atoms with Gasteiger partial charge in [-0.25, -0.2) is 0 Å². The van der Waals surface area contributed by atoms with Gasteiger partial charge in [0.2, 0.25) is 0 Å². The van der Waals surface area contributed by atoms with Gasteiger partial charge >= 0.3 is 0 Å². The van der Waals surface area contributed by atoms with Gasteiger partial charge in [-0.05, 0) is 49.3 Å². The Kier molecular flexibility index (Phi) is 4.02. The molecule has 1 saturated carbocycles. The number of hydrogen-bond acceptors (Lipinski definition) is 2. The lowest BCUT2D eigenvalue weighted by Gasteiger charge is -2.15. The van der Waals surface area contributed by atoms with Crippen LogP contribution in [0.2, 0.25) is 0 Å². The zero-order chi connectivity index (χ0) is 13.0. The smallest absolute Gasteiger partial charge is 0.251 e. The molecule has 1 amide bonds. The summed E-state index contributed by atoms with van der Waals surface area (Å²) in [5.74, 6) is 0.0516. The van der Waals surface area contributed by atoms with Crippen molar-refractivity contribution in [3.05, 3.63) is 35.4 Å². The highest BCUT2D eigenvalue weighted by Crippen LogP contribution is 2.47. The first-order valence-electron chi connectivity index (χ1n) is 6.77. The quantitative estimate of drug-likeness (QED) is 0.807. The topological polar surface area (TPSA) is 55.1 Å². The molecule has 0 heterocycles. The van der Waals surface area contributed by atoms with Crippen LogP contribution < -0.4 is 11.1 Å².